The van der Waals surface area contributed by atoms with E-state index in [1.165, 1.54) is 31.4 Å². The molecule has 0 aliphatic carbocycles. The SMILES string of the molecule is COc1ccc(OC(=O)C(C)CNC(=O)C(Cc2ccccc2)NC(=O)c2ccccc2[N+](=O)[O-])cc1. The fraction of sp³-hybridized carbons (Fsp3) is 0.222. The first-order valence-corrected chi connectivity index (χ1v) is 11.5. The zero-order valence-corrected chi connectivity index (χ0v) is 20.4. The highest BCUT2D eigenvalue weighted by molar-refractivity contribution is 6.00. The molecule has 0 heterocycles. The summed E-state index contributed by atoms with van der Waals surface area (Å²) in [7, 11) is 1.53. The van der Waals surface area contributed by atoms with Crippen molar-refractivity contribution in [2.75, 3.05) is 13.7 Å². The summed E-state index contributed by atoms with van der Waals surface area (Å²) in [4.78, 5) is 49.1. The molecule has 2 unspecified atom stereocenters. The van der Waals surface area contributed by atoms with Gasteiger partial charge in [0.05, 0.1) is 18.0 Å². The van der Waals surface area contributed by atoms with Gasteiger partial charge < -0.3 is 20.1 Å². The summed E-state index contributed by atoms with van der Waals surface area (Å²) >= 11 is 0. The minimum Gasteiger partial charge on any atom is -0.497 e. The molecule has 0 fully saturated rings. The largest absolute Gasteiger partial charge is 0.497 e. The first-order valence-electron chi connectivity index (χ1n) is 11.5. The molecular weight excluding hydrogens is 478 g/mol. The highest BCUT2D eigenvalue weighted by Gasteiger charge is 2.27. The number of nitrogens with one attached hydrogen (secondary N) is 2. The highest BCUT2D eigenvalue weighted by Crippen LogP contribution is 2.19. The normalized spacial score (nSPS) is 12.1. The van der Waals surface area contributed by atoms with Gasteiger partial charge in [0, 0.05) is 19.0 Å². The lowest BCUT2D eigenvalue weighted by atomic mass is 10.0. The molecule has 3 aromatic rings. The molecule has 0 saturated carbocycles. The van der Waals surface area contributed by atoms with Crippen LogP contribution in [0.25, 0.3) is 0 Å². The molecule has 3 aromatic carbocycles. The quantitative estimate of drug-likeness (QED) is 0.177. The summed E-state index contributed by atoms with van der Waals surface area (Å²) in [5.41, 5.74) is 0.251. The topological polar surface area (TPSA) is 137 Å². The second-order valence-electron chi connectivity index (χ2n) is 8.23. The molecule has 2 amide bonds. The maximum Gasteiger partial charge on any atom is 0.315 e. The van der Waals surface area contributed by atoms with Gasteiger partial charge in [0.1, 0.15) is 23.1 Å². The van der Waals surface area contributed by atoms with Gasteiger partial charge in [-0.15, -0.1) is 0 Å². The van der Waals surface area contributed by atoms with Crippen LogP contribution in [-0.4, -0.2) is 42.4 Å². The van der Waals surface area contributed by atoms with Crippen LogP contribution in [0.5, 0.6) is 11.5 Å². The summed E-state index contributed by atoms with van der Waals surface area (Å²) in [5.74, 6) is -1.58. The third kappa shape index (κ3) is 7.63. The van der Waals surface area contributed by atoms with Crippen LogP contribution in [-0.2, 0) is 16.0 Å². The molecular formula is C27H27N3O7. The Hall–Kier alpha value is -4.73. The Morgan fingerprint density at radius 1 is 0.919 bits per heavy atom. The minimum atomic E-state index is -1.04. The van der Waals surface area contributed by atoms with E-state index in [2.05, 4.69) is 10.6 Å². The van der Waals surface area contributed by atoms with Gasteiger partial charge in [-0.05, 0) is 35.9 Å². The summed E-state index contributed by atoms with van der Waals surface area (Å²) in [6.07, 6.45) is 0.143. The fourth-order valence-corrected chi connectivity index (χ4v) is 3.44. The van der Waals surface area contributed by atoms with Crippen LogP contribution in [0.2, 0.25) is 0 Å². The van der Waals surface area contributed by atoms with E-state index < -0.39 is 34.7 Å². The number of para-hydroxylation sites is 1. The van der Waals surface area contributed by atoms with Crippen LogP contribution in [0.1, 0.15) is 22.8 Å². The van der Waals surface area contributed by atoms with Crippen LogP contribution < -0.4 is 20.1 Å². The van der Waals surface area contributed by atoms with Gasteiger partial charge in [-0.25, -0.2) is 0 Å². The lowest BCUT2D eigenvalue weighted by Crippen LogP contribution is -2.49. The summed E-state index contributed by atoms with van der Waals surface area (Å²) in [5, 5.41) is 16.6. The van der Waals surface area contributed by atoms with Gasteiger partial charge in [0.2, 0.25) is 5.91 Å². The smallest absolute Gasteiger partial charge is 0.315 e. The number of methoxy groups -OCH3 is 1. The lowest BCUT2D eigenvalue weighted by Gasteiger charge is -2.20. The Kier molecular flexibility index (Phi) is 9.31. The summed E-state index contributed by atoms with van der Waals surface area (Å²) in [6.45, 7) is 1.56. The average Bonchev–Trinajstić information content (AvgIpc) is 2.92. The molecule has 0 aliphatic rings. The fourth-order valence-electron chi connectivity index (χ4n) is 3.44. The first kappa shape index (κ1) is 26.9. The number of hydrogen-bond donors (Lipinski definition) is 2. The van der Waals surface area contributed by atoms with E-state index >= 15 is 0 Å². The Morgan fingerprint density at radius 2 is 1.54 bits per heavy atom. The Labute approximate surface area is 213 Å². The standard InChI is InChI=1S/C27H27N3O7/c1-18(27(33)37-21-14-12-20(36-2)13-15-21)17-28-26(32)23(16-19-8-4-3-5-9-19)29-25(31)22-10-6-7-11-24(22)30(34)35/h3-15,18,23H,16-17H2,1-2H3,(H,28,32)(H,29,31). The number of benzene rings is 3. The molecule has 2 N–H and O–H groups in total. The van der Waals surface area contributed by atoms with E-state index in [1.807, 2.05) is 6.07 Å². The Bertz CT molecular complexity index is 1250. The van der Waals surface area contributed by atoms with E-state index in [4.69, 9.17) is 9.47 Å². The van der Waals surface area contributed by atoms with Gasteiger partial charge in [-0.1, -0.05) is 49.4 Å². The average molecular weight is 506 g/mol. The predicted octanol–water partition coefficient (Wildman–Crippen LogP) is 3.30. The zero-order valence-electron chi connectivity index (χ0n) is 20.4. The van der Waals surface area contributed by atoms with Crippen molar-refractivity contribution in [3.05, 3.63) is 100 Å². The van der Waals surface area contributed by atoms with Crippen LogP contribution in [0.3, 0.4) is 0 Å². The van der Waals surface area contributed by atoms with Crippen LogP contribution in [0, 0.1) is 16.0 Å². The number of amides is 2. The first-order chi connectivity index (χ1) is 17.8. The third-order valence-electron chi connectivity index (χ3n) is 5.51. The second-order valence-corrected chi connectivity index (χ2v) is 8.23. The molecule has 0 aromatic heterocycles. The van der Waals surface area contributed by atoms with E-state index in [0.717, 1.165) is 5.56 Å². The second kappa shape index (κ2) is 12.8. The molecule has 3 rings (SSSR count). The number of carbonyl (C=O) groups excluding carboxylic acids is 3. The van der Waals surface area contributed by atoms with Crippen molar-refractivity contribution in [1.82, 2.24) is 10.6 Å². The zero-order chi connectivity index (χ0) is 26.8. The van der Waals surface area contributed by atoms with Crippen LogP contribution in [0.15, 0.2) is 78.9 Å². The predicted molar refractivity (Wildman–Crippen MR) is 135 cm³/mol. The molecule has 0 aliphatic heterocycles. The monoisotopic (exact) mass is 505 g/mol. The van der Waals surface area contributed by atoms with Crippen molar-refractivity contribution in [2.45, 2.75) is 19.4 Å². The highest BCUT2D eigenvalue weighted by atomic mass is 16.6. The van der Waals surface area contributed by atoms with E-state index in [-0.39, 0.29) is 24.2 Å². The Balaban J connectivity index is 1.67. The molecule has 37 heavy (non-hydrogen) atoms. The number of ether oxygens (including phenoxy) is 2. The molecule has 2 atom stereocenters. The number of rotatable bonds is 11. The molecule has 192 valence electrons. The number of nitro groups is 1. The molecule has 0 saturated heterocycles. The van der Waals surface area contributed by atoms with Crippen LogP contribution >= 0.6 is 0 Å². The van der Waals surface area contributed by atoms with Gasteiger partial charge in [-0.3, -0.25) is 24.5 Å². The minimum absolute atomic E-state index is 0.0412. The van der Waals surface area contributed by atoms with E-state index in [9.17, 15) is 24.5 Å². The van der Waals surface area contributed by atoms with Crippen molar-refractivity contribution in [1.29, 1.82) is 0 Å². The van der Waals surface area contributed by atoms with Crippen molar-refractivity contribution >= 4 is 23.5 Å². The van der Waals surface area contributed by atoms with Gasteiger partial charge in [-0.2, -0.15) is 0 Å². The van der Waals surface area contributed by atoms with Crippen LogP contribution in [0.4, 0.5) is 5.69 Å². The molecule has 0 bridgehead atoms. The number of carbonyl (C=O) groups is 3. The van der Waals surface area contributed by atoms with Crippen molar-refractivity contribution < 1.29 is 28.8 Å². The molecule has 10 heteroatoms. The van der Waals surface area contributed by atoms with Gasteiger partial charge in [0.15, 0.2) is 0 Å². The third-order valence-corrected chi connectivity index (χ3v) is 5.51. The number of hydrogen-bond acceptors (Lipinski definition) is 7. The Morgan fingerprint density at radius 3 is 2.19 bits per heavy atom. The number of nitro benzene ring substituents is 1. The lowest BCUT2D eigenvalue weighted by molar-refractivity contribution is -0.385. The van der Waals surface area contributed by atoms with Gasteiger partial charge >= 0.3 is 5.97 Å². The summed E-state index contributed by atoms with van der Waals surface area (Å²) in [6, 6.07) is 20.0. The molecule has 10 nitrogen and oxygen atoms in total. The van der Waals surface area contributed by atoms with E-state index in [1.54, 1.807) is 55.5 Å². The molecule has 0 spiro atoms. The van der Waals surface area contributed by atoms with Crippen molar-refractivity contribution in [3.8, 4) is 11.5 Å². The number of esters is 1. The van der Waals surface area contributed by atoms with E-state index in [0.29, 0.717) is 11.5 Å². The van der Waals surface area contributed by atoms with Crippen molar-refractivity contribution in [2.24, 2.45) is 5.92 Å². The maximum absolute atomic E-state index is 13.1. The number of nitrogens with zero attached hydrogens (tertiary/aromatic N) is 1. The maximum atomic E-state index is 13.1. The van der Waals surface area contributed by atoms with Gasteiger partial charge in [0.25, 0.3) is 11.6 Å². The summed E-state index contributed by atoms with van der Waals surface area (Å²) < 4.78 is 10.4. The molecule has 0 radical (unpaired) electrons. The van der Waals surface area contributed by atoms with Crippen molar-refractivity contribution in [3.63, 3.8) is 0 Å².